The van der Waals surface area contributed by atoms with Crippen LogP contribution in [0.2, 0.25) is 0 Å². The van der Waals surface area contributed by atoms with Gasteiger partial charge < -0.3 is 10.4 Å². The number of benzene rings is 1. The summed E-state index contributed by atoms with van der Waals surface area (Å²) >= 11 is 0. The topological polar surface area (TPSA) is 49.3 Å². The van der Waals surface area contributed by atoms with Gasteiger partial charge in [0.25, 0.3) is 0 Å². The molecule has 2 N–H and O–H groups in total. The van der Waals surface area contributed by atoms with E-state index in [1.807, 2.05) is 0 Å². The van der Waals surface area contributed by atoms with E-state index in [0.29, 0.717) is 11.7 Å². The molecule has 0 spiro atoms. The Balaban J connectivity index is 2.06. The fourth-order valence-corrected chi connectivity index (χ4v) is 2.41. The van der Waals surface area contributed by atoms with Gasteiger partial charge in [-0.2, -0.15) is 0 Å². The molecule has 1 aliphatic carbocycles. The van der Waals surface area contributed by atoms with E-state index in [2.05, 4.69) is 5.32 Å². The molecule has 1 aromatic carbocycles. The molecule has 1 aliphatic rings. The fraction of sp³-hybridized carbons (Fsp3) is 0.500. The maximum atomic E-state index is 13.7. The molecular weight excluding hydrogens is 233 g/mol. The van der Waals surface area contributed by atoms with E-state index in [9.17, 15) is 9.18 Å². The van der Waals surface area contributed by atoms with Crippen molar-refractivity contribution in [3.05, 3.63) is 29.6 Å². The molecule has 0 bridgehead atoms. The number of halogens is 1. The zero-order valence-corrected chi connectivity index (χ0v) is 10.3. The van der Waals surface area contributed by atoms with Crippen LogP contribution in [0.15, 0.2) is 18.2 Å². The predicted molar refractivity (Wildman–Crippen MR) is 68.5 cm³/mol. The van der Waals surface area contributed by atoms with Gasteiger partial charge in [-0.25, -0.2) is 9.18 Å². The van der Waals surface area contributed by atoms with Crippen molar-refractivity contribution in [2.75, 3.05) is 5.32 Å². The number of hydrogen-bond donors (Lipinski definition) is 2. The zero-order valence-electron chi connectivity index (χ0n) is 10.3. The summed E-state index contributed by atoms with van der Waals surface area (Å²) in [5.41, 5.74) is 0.394. The summed E-state index contributed by atoms with van der Waals surface area (Å²) in [5, 5.41) is 12.0. The van der Waals surface area contributed by atoms with Crippen molar-refractivity contribution >= 4 is 11.7 Å². The molecule has 1 saturated carbocycles. The quantitative estimate of drug-likeness (QED) is 0.806. The van der Waals surface area contributed by atoms with Crippen LogP contribution in [0.3, 0.4) is 0 Å². The van der Waals surface area contributed by atoms with Gasteiger partial charge in [-0.15, -0.1) is 0 Å². The van der Waals surface area contributed by atoms with Gasteiger partial charge in [0.15, 0.2) is 0 Å². The highest BCUT2D eigenvalue weighted by molar-refractivity contribution is 5.88. The minimum Gasteiger partial charge on any atom is -0.478 e. The van der Waals surface area contributed by atoms with Crippen LogP contribution >= 0.6 is 0 Å². The molecule has 18 heavy (non-hydrogen) atoms. The molecule has 0 heterocycles. The normalized spacial score (nSPS) is 17.2. The molecule has 1 aromatic rings. The lowest BCUT2D eigenvalue weighted by molar-refractivity contribution is 0.0696. The molecule has 3 nitrogen and oxygen atoms in total. The zero-order chi connectivity index (χ0) is 13.0. The molecule has 1 fully saturated rings. The van der Waals surface area contributed by atoms with E-state index in [1.165, 1.54) is 37.8 Å². The lowest BCUT2D eigenvalue weighted by atomic mass is 10.1. The Labute approximate surface area is 106 Å². The first-order valence-corrected chi connectivity index (χ1v) is 6.46. The molecule has 4 heteroatoms. The molecule has 0 saturated heterocycles. The summed E-state index contributed by atoms with van der Waals surface area (Å²) in [4.78, 5) is 10.7. The molecule has 2 rings (SSSR count). The molecule has 0 aromatic heterocycles. The number of carboxylic acids is 1. The molecule has 0 aliphatic heterocycles. The van der Waals surface area contributed by atoms with Gasteiger partial charge >= 0.3 is 5.97 Å². The predicted octanol–water partition coefficient (Wildman–Crippen LogP) is 3.66. The molecule has 0 unspecified atom stereocenters. The van der Waals surface area contributed by atoms with Crippen LogP contribution in [0.1, 0.15) is 48.9 Å². The summed E-state index contributed by atoms with van der Waals surface area (Å²) in [7, 11) is 0. The molecule has 98 valence electrons. The van der Waals surface area contributed by atoms with E-state index in [4.69, 9.17) is 5.11 Å². The van der Waals surface area contributed by atoms with Crippen LogP contribution in [0.4, 0.5) is 10.1 Å². The Morgan fingerprint density at radius 1 is 1.22 bits per heavy atom. The van der Waals surface area contributed by atoms with Gasteiger partial charge in [0.05, 0.1) is 11.3 Å². The second-order valence-corrected chi connectivity index (χ2v) is 4.83. The minimum atomic E-state index is -1.10. The maximum absolute atomic E-state index is 13.7. The monoisotopic (exact) mass is 251 g/mol. The average molecular weight is 251 g/mol. The largest absolute Gasteiger partial charge is 0.478 e. The van der Waals surface area contributed by atoms with Gasteiger partial charge in [0.1, 0.15) is 5.82 Å². The third kappa shape index (κ3) is 3.22. The Bertz CT molecular complexity index is 426. The van der Waals surface area contributed by atoms with Crippen molar-refractivity contribution in [3.63, 3.8) is 0 Å². The summed E-state index contributed by atoms with van der Waals surface area (Å²) < 4.78 is 13.7. The van der Waals surface area contributed by atoms with E-state index in [-0.39, 0.29) is 5.56 Å². The number of carboxylic acid groups (broad SMARTS) is 1. The number of rotatable bonds is 3. The summed E-state index contributed by atoms with van der Waals surface area (Å²) in [6.45, 7) is 0. The van der Waals surface area contributed by atoms with Crippen molar-refractivity contribution in [1.82, 2.24) is 0 Å². The smallest absolute Gasteiger partial charge is 0.335 e. The van der Waals surface area contributed by atoms with E-state index in [0.717, 1.165) is 18.9 Å². The second kappa shape index (κ2) is 5.85. The fourth-order valence-electron chi connectivity index (χ4n) is 2.41. The summed E-state index contributed by atoms with van der Waals surface area (Å²) in [5.74, 6) is -1.59. The third-order valence-electron chi connectivity index (χ3n) is 3.43. The molecule has 0 amide bonds. The number of carbonyl (C=O) groups is 1. The SMILES string of the molecule is O=C(O)c1ccc(NC2CCCCCC2)c(F)c1. The highest BCUT2D eigenvalue weighted by Gasteiger charge is 2.14. The lowest BCUT2D eigenvalue weighted by Gasteiger charge is -2.18. The summed E-state index contributed by atoms with van der Waals surface area (Å²) in [6, 6.07) is 4.33. The van der Waals surface area contributed by atoms with Crippen molar-refractivity contribution in [2.24, 2.45) is 0 Å². The number of anilines is 1. The number of nitrogens with one attached hydrogen (secondary N) is 1. The van der Waals surface area contributed by atoms with Crippen molar-refractivity contribution in [2.45, 2.75) is 44.6 Å². The number of hydrogen-bond acceptors (Lipinski definition) is 2. The first kappa shape index (κ1) is 12.9. The van der Waals surface area contributed by atoms with Crippen LogP contribution in [0.5, 0.6) is 0 Å². The van der Waals surface area contributed by atoms with Gasteiger partial charge in [0.2, 0.25) is 0 Å². The van der Waals surface area contributed by atoms with Crippen LogP contribution < -0.4 is 5.32 Å². The van der Waals surface area contributed by atoms with Crippen LogP contribution in [-0.2, 0) is 0 Å². The molecule has 0 atom stereocenters. The first-order valence-electron chi connectivity index (χ1n) is 6.46. The van der Waals surface area contributed by atoms with E-state index >= 15 is 0 Å². The highest BCUT2D eigenvalue weighted by Crippen LogP contribution is 2.23. The maximum Gasteiger partial charge on any atom is 0.335 e. The highest BCUT2D eigenvalue weighted by atomic mass is 19.1. The molecular formula is C14H18FNO2. The van der Waals surface area contributed by atoms with Crippen LogP contribution in [0.25, 0.3) is 0 Å². The van der Waals surface area contributed by atoms with Crippen molar-refractivity contribution in [1.29, 1.82) is 0 Å². The average Bonchev–Trinajstić information content (AvgIpc) is 2.60. The standard InChI is InChI=1S/C14H18FNO2/c15-12-9-10(14(17)18)7-8-13(12)16-11-5-3-1-2-4-6-11/h7-9,11,16H,1-6H2,(H,17,18). The van der Waals surface area contributed by atoms with Gasteiger partial charge in [0, 0.05) is 6.04 Å². The van der Waals surface area contributed by atoms with E-state index in [1.54, 1.807) is 0 Å². The van der Waals surface area contributed by atoms with Gasteiger partial charge in [-0.3, -0.25) is 0 Å². The minimum absolute atomic E-state index is 0.0149. The van der Waals surface area contributed by atoms with Crippen molar-refractivity contribution < 1.29 is 14.3 Å². The Morgan fingerprint density at radius 3 is 2.44 bits per heavy atom. The van der Waals surface area contributed by atoms with Gasteiger partial charge in [-0.05, 0) is 31.0 Å². The van der Waals surface area contributed by atoms with Gasteiger partial charge in [-0.1, -0.05) is 25.7 Å². The molecule has 0 radical (unpaired) electrons. The van der Waals surface area contributed by atoms with E-state index < -0.39 is 11.8 Å². The third-order valence-corrected chi connectivity index (χ3v) is 3.43. The van der Waals surface area contributed by atoms with Crippen molar-refractivity contribution in [3.8, 4) is 0 Å². The van der Waals surface area contributed by atoms with Crippen LogP contribution in [0, 0.1) is 5.82 Å². The second-order valence-electron chi connectivity index (χ2n) is 4.83. The Kier molecular flexibility index (Phi) is 4.18. The Morgan fingerprint density at radius 2 is 1.89 bits per heavy atom. The summed E-state index contributed by atoms with van der Waals surface area (Å²) in [6.07, 6.45) is 6.95. The number of aromatic carboxylic acids is 1. The Hall–Kier alpha value is -1.58. The first-order chi connectivity index (χ1) is 8.66. The lowest BCUT2D eigenvalue weighted by Crippen LogP contribution is -2.19. The van der Waals surface area contributed by atoms with Crippen LogP contribution in [-0.4, -0.2) is 17.1 Å².